The van der Waals surface area contributed by atoms with Crippen molar-refractivity contribution in [2.75, 3.05) is 0 Å². The Kier molecular flexibility index (Phi) is 7.66. The first-order valence-corrected chi connectivity index (χ1v) is 9.51. The van der Waals surface area contributed by atoms with Gasteiger partial charge in [0.15, 0.2) is 0 Å². The summed E-state index contributed by atoms with van der Waals surface area (Å²) in [6.45, 7) is 2.16. The van der Waals surface area contributed by atoms with Gasteiger partial charge in [-0.25, -0.2) is 8.78 Å². The number of alkyl halides is 3. The zero-order valence-electron chi connectivity index (χ0n) is 15.2. The molecule has 5 heteroatoms. The zero-order valence-corrected chi connectivity index (χ0v) is 15.2. The minimum atomic E-state index is -5.00. The third kappa shape index (κ3) is 6.10. The summed E-state index contributed by atoms with van der Waals surface area (Å²) in [5.41, 5.74) is -1.49. The number of hydrogen-bond acceptors (Lipinski definition) is 0. The van der Waals surface area contributed by atoms with Crippen molar-refractivity contribution in [1.29, 1.82) is 0 Å². The fourth-order valence-electron chi connectivity index (χ4n) is 3.74. The van der Waals surface area contributed by atoms with Crippen LogP contribution in [0.15, 0.2) is 24.3 Å². The fourth-order valence-corrected chi connectivity index (χ4v) is 3.74. The highest BCUT2D eigenvalue weighted by Gasteiger charge is 2.37. The molecular weight excluding hydrogens is 347 g/mol. The van der Waals surface area contributed by atoms with Crippen LogP contribution in [0.5, 0.6) is 0 Å². The van der Waals surface area contributed by atoms with Crippen molar-refractivity contribution in [2.45, 2.75) is 70.9 Å². The van der Waals surface area contributed by atoms with Crippen molar-refractivity contribution in [3.05, 3.63) is 47.0 Å². The van der Waals surface area contributed by atoms with E-state index < -0.39 is 23.4 Å². The average molecular weight is 374 g/mol. The highest BCUT2D eigenvalue weighted by atomic mass is 19.4. The van der Waals surface area contributed by atoms with E-state index in [9.17, 15) is 22.0 Å². The summed E-state index contributed by atoms with van der Waals surface area (Å²) in [5, 5.41) is 0. The number of unbranched alkanes of at least 4 members (excludes halogenated alkanes) is 1. The summed E-state index contributed by atoms with van der Waals surface area (Å²) in [6.07, 6.45) is 8.54. The Labute approximate surface area is 152 Å². The molecule has 0 unspecified atom stereocenters. The molecule has 1 aromatic rings. The third-order valence-electron chi connectivity index (χ3n) is 5.28. The molecule has 0 atom stereocenters. The van der Waals surface area contributed by atoms with Crippen molar-refractivity contribution in [3.8, 4) is 0 Å². The molecule has 2 rings (SSSR count). The van der Waals surface area contributed by atoms with Gasteiger partial charge < -0.3 is 0 Å². The van der Waals surface area contributed by atoms with Crippen LogP contribution in [0.25, 0.3) is 0 Å². The van der Waals surface area contributed by atoms with Crippen LogP contribution in [0.1, 0.15) is 69.4 Å². The molecule has 0 nitrogen and oxygen atoms in total. The Morgan fingerprint density at radius 3 is 2.08 bits per heavy atom. The molecule has 1 fully saturated rings. The van der Waals surface area contributed by atoms with Gasteiger partial charge in [-0.15, -0.1) is 0 Å². The Balaban J connectivity index is 1.82. The van der Waals surface area contributed by atoms with Crippen molar-refractivity contribution in [1.82, 2.24) is 0 Å². The number of aryl methyl sites for hydroxylation is 1. The Morgan fingerprint density at radius 2 is 1.54 bits per heavy atom. The van der Waals surface area contributed by atoms with Crippen molar-refractivity contribution in [3.63, 3.8) is 0 Å². The van der Waals surface area contributed by atoms with E-state index in [1.54, 1.807) is 0 Å². The van der Waals surface area contributed by atoms with E-state index in [0.29, 0.717) is 23.8 Å². The molecule has 0 saturated heterocycles. The van der Waals surface area contributed by atoms with Crippen molar-refractivity contribution in [2.24, 2.45) is 11.8 Å². The van der Waals surface area contributed by atoms with Crippen molar-refractivity contribution < 1.29 is 22.0 Å². The molecule has 0 N–H and O–H groups in total. The molecule has 26 heavy (non-hydrogen) atoms. The molecular formula is C21H27F5. The summed E-state index contributed by atoms with van der Waals surface area (Å²) in [6, 6.07) is 1.66. The first kappa shape index (κ1) is 20.9. The van der Waals surface area contributed by atoms with E-state index in [1.165, 1.54) is 0 Å². The van der Waals surface area contributed by atoms with E-state index in [0.717, 1.165) is 63.5 Å². The SMILES string of the molecule is CCC/C=C/C[C@H]1CC[C@H](CCc2cc(F)c(C(F)(F)F)c(F)c2)CC1. The summed E-state index contributed by atoms with van der Waals surface area (Å²) in [7, 11) is 0. The summed E-state index contributed by atoms with van der Waals surface area (Å²) >= 11 is 0. The lowest BCUT2D eigenvalue weighted by molar-refractivity contribution is -0.142. The lowest BCUT2D eigenvalue weighted by atomic mass is 9.78. The van der Waals surface area contributed by atoms with E-state index in [4.69, 9.17) is 0 Å². The lowest BCUT2D eigenvalue weighted by Crippen LogP contribution is -2.15. The van der Waals surface area contributed by atoms with Crippen LogP contribution >= 0.6 is 0 Å². The van der Waals surface area contributed by atoms with Gasteiger partial charge in [-0.3, -0.25) is 0 Å². The number of benzene rings is 1. The second-order valence-electron chi connectivity index (χ2n) is 7.35. The maximum Gasteiger partial charge on any atom is 0.422 e. The van der Waals surface area contributed by atoms with Crippen LogP contribution < -0.4 is 0 Å². The molecule has 1 saturated carbocycles. The first-order chi connectivity index (χ1) is 12.3. The van der Waals surface area contributed by atoms with Gasteiger partial charge in [0.05, 0.1) is 0 Å². The van der Waals surface area contributed by atoms with Crippen LogP contribution in [-0.4, -0.2) is 0 Å². The number of halogens is 5. The summed E-state index contributed by atoms with van der Waals surface area (Å²) in [5.74, 6) is -1.84. The van der Waals surface area contributed by atoms with Gasteiger partial charge in [0.1, 0.15) is 17.2 Å². The van der Waals surface area contributed by atoms with Crippen LogP contribution in [0.2, 0.25) is 0 Å². The topological polar surface area (TPSA) is 0 Å². The van der Waals surface area contributed by atoms with E-state index in [2.05, 4.69) is 19.1 Å². The van der Waals surface area contributed by atoms with Crippen molar-refractivity contribution >= 4 is 0 Å². The van der Waals surface area contributed by atoms with Crippen LogP contribution in [0, 0.1) is 23.5 Å². The predicted molar refractivity (Wildman–Crippen MR) is 93.8 cm³/mol. The third-order valence-corrected chi connectivity index (χ3v) is 5.28. The number of rotatable bonds is 7. The van der Waals surface area contributed by atoms with Crippen LogP contribution in [-0.2, 0) is 12.6 Å². The number of allylic oxidation sites excluding steroid dienone is 2. The second kappa shape index (κ2) is 9.52. The fraction of sp³-hybridized carbons (Fsp3) is 0.619. The molecule has 1 aromatic carbocycles. The molecule has 0 spiro atoms. The monoisotopic (exact) mass is 374 g/mol. The Hall–Kier alpha value is -1.39. The highest BCUT2D eigenvalue weighted by molar-refractivity contribution is 5.28. The Morgan fingerprint density at radius 1 is 0.962 bits per heavy atom. The van der Waals surface area contributed by atoms with Gasteiger partial charge >= 0.3 is 6.18 Å². The van der Waals surface area contributed by atoms with Crippen LogP contribution in [0.3, 0.4) is 0 Å². The van der Waals surface area contributed by atoms with E-state index >= 15 is 0 Å². The predicted octanol–water partition coefficient (Wildman–Crippen LogP) is 7.47. The summed E-state index contributed by atoms with van der Waals surface area (Å²) in [4.78, 5) is 0. The van der Waals surface area contributed by atoms with Gasteiger partial charge in [0.2, 0.25) is 0 Å². The maximum atomic E-state index is 13.6. The average Bonchev–Trinajstić information content (AvgIpc) is 2.56. The molecule has 0 amide bonds. The Bertz CT molecular complexity index is 572. The first-order valence-electron chi connectivity index (χ1n) is 9.51. The molecule has 1 aliphatic rings. The molecule has 0 aromatic heterocycles. The number of hydrogen-bond donors (Lipinski definition) is 0. The second-order valence-corrected chi connectivity index (χ2v) is 7.35. The quantitative estimate of drug-likeness (QED) is 0.343. The van der Waals surface area contributed by atoms with Gasteiger partial charge in [-0.1, -0.05) is 38.3 Å². The minimum Gasteiger partial charge on any atom is -0.206 e. The smallest absolute Gasteiger partial charge is 0.206 e. The zero-order chi connectivity index (χ0) is 19.2. The standard InChI is InChI=1S/C21H27F5/c1-2-3-4-5-6-15-7-9-16(10-8-15)11-12-17-13-18(22)20(19(23)14-17)21(24,25)26/h4-5,13-16H,2-3,6-12H2,1H3/b5-4+/t15-,16-. The molecule has 1 aliphatic carbocycles. The van der Waals surface area contributed by atoms with Gasteiger partial charge in [0.25, 0.3) is 0 Å². The molecule has 0 radical (unpaired) electrons. The molecule has 0 aliphatic heterocycles. The van der Waals surface area contributed by atoms with E-state index in [-0.39, 0.29) is 0 Å². The molecule has 0 bridgehead atoms. The lowest BCUT2D eigenvalue weighted by Gasteiger charge is -2.28. The highest BCUT2D eigenvalue weighted by Crippen LogP contribution is 2.36. The van der Waals surface area contributed by atoms with Gasteiger partial charge in [0, 0.05) is 0 Å². The minimum absolute atomic E-state index is 0.303. The van der Waals surface area contributed by atoms with Gasteiger partial charge in [-0.2, -0.15) is 13.2 Å². The summed E-state index contributed by atoms with van der Waals surface area (Å²) < 4.78 is 65.1. The molecule has 146 valence electrons. The van der Waals surface area contributed by atoms with Gasteiger partial charge in [-0.05, 0) is 68.1 Å². The normalized spacial score (nSPS) is 21.5. The largest absolute Gasteiger partial charge is 0.422 e. The molecule has 0 heterocycles. The maximum absolute atomic E-state index is 13.6. The van der Waals surface area contributed by atoms with Crippen LogP contribution in [0.4, 0.5) is 22.0 Å². The van der Waals surface area contributed by atoms with E-state index in [1.807, 2.05) is 0 Å².